The summed E-state index contributed by atoms with van der Waals surface area (Å²) in [7, 11) is 0. The normalized spacial score (nSPS) is 26.7. The van der Waals surface area contributed by atoms with Crippen LogP contribution in [0.25, 0.3) is 11.1 Å². The topological polar surface area (TPSA) is 0 Å². The highest BCUT2D eigenvalue weighted by atomic mass is 14.3. The third kappa shape index (κ3) is 5.63. The molecule has 0 amide bonds. The molecule has 2 saturated carbocycles. The van der Waals surface area contributed by atoms with Gasteiger partial charge in [0.15, 0.2) is 0 Å². The van der Waals surface area contributed by atoms with Gasteiger partial charge in [-0.05, 0) is 110 Å². The predicted octanol–water partition coefficient (Wildman–Crippen LogP) is 9.81. The van der Waals surface area contributed by atoms with Crippen LogP contribution >= 0.6 is 0 Å². The van der Waals surface area contributed by atoms with Gasteiger partial charge in [-0.15, -0.1) is 0 Å². The van der Waals surface area contributed by atoms with E-state index in [0.717, 1.165) is 23.7 Å². The Labute approximate surface area is 191 Å². The van der Waals surface area contributed by atoms with E-state index in [1.807, 2.05) is 0 Å². The molecule has 2 aromatic carbocycles. The van der Waals surface area contributed by atoms with Crippen molar-refractivity contribution in [2.24, 2.45) is 11.8 Å². The standard InChI is InChI=1S/C31H44/c1-4-6-24-8-12-26(13-9-24)27-16-18-29(19-17-27)31-21-20-30(22-23(31)3)28-14-10-25(7-5-2)11-15-28/h16-22,24-26,28H,4-15H2,1-3H3/t24-,25-,26-,28-. The van der Waals surface area contributed by atoms with Crippen molar-refractivity contribution in [2.45, 2.75) is 110 Å². The zero-order valence-electron chi connectivity index (χ0n) is 20.3. The van der Waals surface area contributed by atoms with Gasteiger partial charge in [-0.2, -0.15) is 0 Å². The van der Waals surface area contributed by atoms with Gasteiger partial charge >= 0.3 is 0 Å². The van der Waals surface area contributed by atoms with Crippen molar-refractivity contribution in [3.63, 3.8) is 0 Å². The molecule has 0 heteroatoms. The second-order valence-corrected chi connectivity index (χ2v) is 10.7. The molecule has 0 aromatic heterocycles. The lowest BCUT2D eigenvalue weighted by Crippen LogP contribution is -2.13. The first kappa shape index (κ1) is 22.6. The van der Waals surface area contributed by atoms with Crippen LogP contribution in [0.5, 0.6) is 0 Å². The van der Waals surface area contributed by atoms with Crippen LogP contribution in [-0.2, 0) is 0 Å². The Morgan fingerprint density at radius 1 is 0.613 bits per heavy atom. The quantitative estimate of drug-likeness (QED) is 0.421. The molecule has 2 fully saturated rings. The van der Waals surface area contributed by atoms with Crippen LogP contribution in [-0.4, -0.2) is 0 Å². The first-order valence-corrected chi connectivity index (χ1v) is 13.4. The Hall–Kier alpha value is -1.56. The maximum atomic E-state index is 2.49. The molecule has 2 aromatic rings. The molecular weight excluding hydrogens is 372 g/mol. The summed E-state index contributed by atoms with van der Waals surface area (Å²) in [5, 5.41) is 0. The van der Waals surface area contributed by atoms with Crippen molar-refractivity contribution >= 4 is 0 Å². The van der Waals surface area contributed by atoms with Crippen LogP contribution in [0.3, 0.4) is 0 Å². The SMILES string of the molecule is CCC[C@H]1CC[C@H](c2ccc(-c3ccc([C@H]4CC[C@H](CCC)CC4)cc3C)cc2)CC1. The third-order valence-corrected chi connectivity index (χ3v) is 8.50. The van der Waals surface area contributed by atoms with Gasteiger partial charge < -0.3 is 0 Å². The van der Waals surface area contributed by atoms with E-state index >= 15 is 0 Å². The molecule has 0 unspecified atom stereocenters. The van der Waals surface area contributed by atoms with E-state index in [9.17, 15) is 0 Å². The van der Waals surface area contributed by atoms with Crippen molar-refractivity contribution in [3.8, 4) is 11.1 Å². The summed E-state index contributed by atoms with van der Waals surface area (Å²) in [6.45, 7) is 6.97. The molecule has 0 saturated heterocycles. The zero-order valence-corrected chi connectivity index (χ0v) is 20.3. The largest absolute Gasteiger partial charge is 0.0654 e. The second kappa shape index (κ2) is 10.8. The lowest BCUT2D eigenvalue weighted by Gasteiger charge is -2.29. The van der Waals surface area contributed by atoms with Crippen LogP contribution in [0.2, 0.25) is 0 Å². The lowest BCUT2D eigenvalue weighted by atomic mass is 9.76. The van der Waals surface area contributed by atoms with Crippen LogP contribution in [0, 0.1) is 18.8 Å². The van der Waals surface area contributed by atoms with Gasteiger partial charge in [0.2, 0.25) is 0 Å². The molecule has 0 nitrogen and oxygen atoms in total. The summed E-state index contributed by atoms with van der Waals surface area (Å²) >= 11 is 0. The summed E-state index contributed by atoms with van der Waals surface area (Å²) in [4.78, 5) is 0. The Bertz CT molecular complexity index is 798. The summed E-state index contributed by atoms with van der Waals surface area (Å²) in [5.41, 5.74) is 7.40. The van der Waals surface area contributed by atoms with E-state index < -0.39 is 0 Å². The number of hydrogen-bond acceptors (Lipinski definition) is 0. The summed E-state index contributed by atoms with van der Waals surface area (Å²) in [6, 6.07) is 16.9. The highest BCUT2D eigenvalue weighted by Crippen LogP contribution is 2.40. The van der Waals surface area contributed by atoms with Crippen LogP contribution < -0.4 is 0 Å². The van der Waals surface area contributed by atoms with Crippen LogP contribution in [0.15, 0.2) is 42.5 Å². The maximum Gasteiger partial charge on any atom is -0.0155 e. The zero-order chi connectivity index (χ0) is 21.6. The van der Waals surface area contributed by atoms with Crippen LogP contribution in [0.4, 0.5) is 0 Å². The molecule has 0 aliphatic heterocycles. The van der Waals surface area contributed by atoms with Crippen LogP contribution in [0.1, 0.15) is 119 Å². The Morgan fingerprint density at radius 2 is 1.10 bits per heavy atom. The van der Waals surface area contributed by atoms with E-state index in [4.69, 9.17) is 0 Å². The average molecular weight is 417 g/mol. The van der Waals surface area contributed by atoms with Gasteiger partial charge in [0.05, 0.1) is 0 Å². The van der Waals surface area contributed by atoms with Crippen molar-refractivity contribution < 1.29 is 0 Å². The van der Waals surface area contributed by atoms with Crippen molar-refractivity contribution in [2.75, 3.05) is 0 Å². The first-order valence-electron chi connectivity index (χ1n) is 13.4. The molecule has 0 bridgehead atoms. The molecule has 168 valence electrons. The number of hydrogen-bond donors (Lipinski definition) is 0. The first-order chi connectivity index (χ1) is 15.2. The molecule has 2 aliphatic rings. The fraction of sp³-hybridized carbons (Fsp3) is 0.613. The minimum absolute atomic E-state index is 0.783. The maximum absolute atomic E-state index is 2.49. The lowest BCUT2D eigenvalue weighted by molar-refractivity contribution is 0.308. The molecule has 0 N–H and O–H groups in total. The molecule has 4 rings (SSSR count). The van der Waals surface area contributed by atoms with Crippen molar-refractivity contribution in [1.82, 2.24) is 0 Å². The Balaban J connectivity index is 1.39. The molecule has 31 heavy (non-hydrogen) atoms. The smallest absolute Gasteiger partial charge is 0.0155 e. The third-order valence-electron chi connectivity index (χ3n) is 8.50. The molecule has 2 aliphatic carbocycles. The average Bonchev–Trinajstić information content (AvgIpc) is 2.81. The molecule has 0 heterocycles. The summed E-state index contributed by atoms with van der Waals surface area (Å²) in [6.07, 6.45) is 16.8. The van der Waals surface area contributed by atoms with Gasteiger partial charge in [0.1, 0.15) is 0 Å². The van der Waals surface area contributed by atoms with E-state index in [1.54, 1.807) is 11.1 Å². The van der Waals surface area contributed by atoms with E-state index in [0.29, 0.717) is 0 Å². The highest BCUT2D eigenvalue weighted by molar-refractivity contribution is 5.68. The van der Waals surface area contributed by atoms with Gasteiger partial charge in [-0.3, -0.25) is 0 Å². The number of aryl methyl sites for hydroxylation is 1. The van der Waals surface area contributed by atoms with Gasteiger partial charge in [-0.25, -0.2) is 0 Å². The predicted molar refractivity (Wildman–Crippen MR) is 136 cm³/mol. The molecular formula is C31H44. The van der Waals surface area contributed by atoms with Crippen molar-refractivity contribution in [1.29, 1.82) is 0 Å². The van der Waals surface area contributed by atoms with Gasteiger partial charge in [-0.1, -0.05) is 82.0 Å². The molecule has 0 atom stereocenters. The summed E-state index contributed by atoms with van der Waals surface area (Å²) in [5.74, 6) is 3.55. The van der Waals surface area contributed by atoms with Crippen molar-refractivity contribution in [3.05, 3.63) is 59.2 Å². The minimum atomic E-state index is 0.783. The number of rotatable bonds is 7. The van der Waals surface area contributed by atoms with E-state index in [-0.39, 0.29) is 0 Å². The fourth-order valence-corrected chi connectivity index (χ4v) is 6.58. The van der Waals surface area contributed by atoms with E-state index in [2.05, 4.69) is 63.2 Å². The minimum Gasteiger partial charge on any atom is -0.0654 e. The molecule has 0 radical (unpaired) electrons. The van der Waals surface area contributed by atoms with E-state index in [1.165, 1.54) is 93.7 Å². The monoisotopic (exact) mass is 416 g/mol. The van der Waals surface area contributed by atoms with Gasteiger partial charge in [0.25, 0.3) is 0 Å². The highest BCUT2D eigenvalue weighted by Gasteiger charge is 2.23. The summed E-state index contributed by atoms with van der Waals surface area (Å²) < 4.78 is 0. The number of benzene rings is 2. The second-order valence-electron chi connectivity index (χ2n) is 10.7. The fourth-order valence-electron chi connectivity index (χ4n) is 6.58. The Morgan fingerprint density at radius 3 is 1.58 bits per heavy atom. The van der Waals surface area contributed by atoms with Gasteiger partial charge in [0, 0.05) is 0 Å². The Kier molecular flexibility index (Phi) is 7.91. The molecule has 0 spiro atoms.